The lowest BCUT2D eigenvalue weighted by molar-refractivity contribution is 0.306. The van der Waals surface area contributed by atoms with Crippen LogP contribution >= 0.6 is 0 Å². The smallest absolute Gasteiger partial charge is 0.0478 e. The molecule has 0 saturated carbocycles. The van der Waals surface area contributed by atoms with Gasteiger partial charge in [-0.15, -0.1) is 0 Å². The van der Waals surface area contributed by atoms with Gasteiger partial charge in [-0.25, -0.2) is 0 Å². The molecule has 15 heavy (non-hydrogen) atoms. The molecule has 0 aliphatic heterocycles. The Balaban J connectivity index is -0.000000720. The van der Waals surface area contributed by atoms with E-state index in [2.05, 4.69) is 29.5 Å². The van der Waals surface area contributed by atoms with Crippen molar-refractivity contribution in [2.45, 2.75) is 28.2 Å². The molecule has 0 aliphatic carbocycles. The van der Waals surface area contributed by atoms with Crippen LogP contribution in [0.4, 0.5) is 0 Å². The second-order valence-electron chi connectivity index (χ2n) is 3.28. The summed E-state index contributed by atoms with van der Waals surface area (Å²) in [5.41, 5.74) is 5.36. The first-order valence-electron chi connectivity index (χ1n) is 5.11. The Labute approximate surface area is 96.6 Å². The lowest BCUT2D eigenvalue weighted by atomic mass is 10.5. The van der Waals surface area contributed by atoms with Crippen molar-refractivity contribution in [2.24, 2.45) is 5.73 Å². The maximum absolute atomic E-state index is 5.36. The maximum atomic E-state index is 5.36. The van der Waals surface area contributed by atoms with Gasteiger partial charge in [-0.3, -0.25) is 4.90 Å². The Hall–Kier alpha value is -0.160. The van der Waals surface area contributed by atoms with Crippen LogP contribution in [0.1, 0.15) is 28.2 Å². The molecule has 0 fully saturated rings. The van der Waals surface area contributed by atoms with Crippen molar-refractivity contribution in [3.05, 3.63) is 0 Å². The van der Waals surface area contributed by atoms with Gasteiger partial charge in [0.15, 0.2) is 0 Å². The monoisotopic (exact) mass is 220 g/mol. The summed E-state index contributed by atoms with van der Waals surface area (Å²) in [4.78, 5) is 2.26. The lowest BCUT2D eigenvalue weighted by Crippen LogP contribution is -2.37. The minimum atomic E-state index is 0. The van der Waals surface area contributed by atoms with Gasteiger partial charge in [-0.1, -0.05) is 21.8 Å². The summed E-state index contributed by atoms with van der Waals surface area (Å²) in [6, 6.07) is 0. The van der Waals surface area contributed by atoms with E-state index in [-0.39, 0.29) is 14.9 Å². The van der Waals surface area contributed by atoms with Gasteiger partial charge in [0.2, 0.25) is 0 Å². The molecule has 0 saturated heterocycles. The Kier molecular flexibility index (Phi) is 22.0. The van der Waals surface area contributed by atoms with Crippen molar-refractivity contribution >= 4 is 0 Å². The molecule has 0 aromatic heterocycles. The number of nitrogens with two attached hydrogens (primary N) is 1. The SMILES string of the molecule is C.C.CCCNCN(C)CCNCCN. The van der Waals surface area contributed by atoms with Gasteiger partial charge in [-0.2, -0.15) is 0 Å². The molecular formula is C11H32N4. The van der Waals surface area contributed by atoms with Gasteiger partial charge >= 0.3 is 0 Å². The zero-order valence-corrected chi connectivity index (χ0v) is 8.97. The summed E-state index contributed by atoms with van der Waals surface area (Å²) in [5.74, 6) is 0. The van der Waals surface area contributed by atoms with Crippen molar-refractivity contribution in [1.82, 2.24) is 15.5 Å². The van der Waals surface area contributed by atoms with Crippen molar-refractivity contribution < 1.29 is 0 Å². The van der Waals surface area contributed by atoms with Crippen molar-refractivity contribution in [3.63, 3.8) is 0 Å². The Morgan fingerprint density at radius 3 is 2.27 bits per heavy atom. The van der Waals surface area contributed by atoms with E-state index in [1.807, 2.05) is 0 Å². The van der Waals surface area contributed by atoms with Gasteiger partial charge in [0.05, 0.1) is 0 Å². The molecule has 4 nitrogen and oxygen atoms in total. The van der Waals surface area contributed by atoms with Gasteiger partial charge < -0.3 is 16.4 Å². The normalized spacial score (nSPS) is 9.60. The molecule has 0 aliphatic rings. The van der Waals surface area contributed by atoms with E-state index < -0.39 is 0 Å². The molecule has 4 heteroatoms. The van der Waals surface area contributed by atoms with Gasteiger partial charge in [0, 0.05) is 32.8 Å². The van der Waals surface area contributed by atoms with E-state index in [0.717, 1.165) is 39.4 Å². The topological polar surface area (TPSA) is 53.3 Å². The summed E-state index contributed by atoms with van der Waals surface area (Å²) in [5, 5.41) is 6.61. The molecule has 0 atom stereocenters. The summed E-state index contributed by atoms with van der Waals surface area (Å²) in [7, 11) is 2.12. The molecule has 0 aromatic carbocycles. The Morgan fingerprint density at radius 2 is 1.73 bits per heavy atom. The average Bonchev–Trinajstić information content (AvgIpc) is 2.13. The molecule has 0 bridgehead atoms. The van der Waals surface area contributed by atoms with E-state index in [1.165, 1.54) is 6.42 Å². The summed E-state index contributed by atoms with van der Waals surface area (Å²) < 4.78 is 0. The molecule has 0 heterocycles. The molecule has 0 unspecified atom stereocenters. The molecule has 0 radical (unpaired) electrons. The van der Waals surface area contributed by atoms with E-state index >= 15 is 0 Å². The molecule has 4 N–H and O–H groups in total. The predicted octanol–water partition coefficient (Wildman–Crippen LogP) is 0.696. The number of nitrogens with one attached hydrogen (secondary N) is 2. The summed E-state index contributed by atoms with van der Waals surface area (Å²) in [6.07, 6.45) is 1.19. The summed E-state index contributed by atoms with van der Waals surface area (Å²) >= 11 is 0. The fourth-order valence-corrected chi connectivity index (χ4v) is 1.02. The van der Waals surface area contributed by atoms with Crippen LogP contribution in [0.3, 0.4) is 0 Å². The van der Waals surface area contributed by atoms with Crippen LogP contribution in [-0.4, -0.2) is 51.3 Å². The van der Waals surface area contributed by atoms with Gasteiger partial charge in [0.1, 0.15) is 0 Å². The highest BCUT2D eigenvalue weighted by molar-refractivity contribution is 4.54. The van der Waals surface area contributed by atoms with Crippen LogP contribution < -0.4 is 16.4 Å². The number of rotatable bonds is 9. The molecule has 96 valence electrons. The first-order valence-corrected chi connectivity index (χ1v) is 5.11. The largest absolute Gasteiger partial charge is 0.329 e. The predicted molar refractivity (Wildman–Crippen MR) is 71.2 cm³/mol. The summed E-state index contributed by atoms with van der Waals surface area (Å²) in [6.45, 7) is 7.96. The van der Waals surface area contributed by atoms with E-state index in [4.69, 9.17) is 5.73 Å². The maximum Gasteiger partial charge on any atom is 0.0478 e. The zero-order valence-electron chi connectivity index (χ0n) is 8.97. The lowest BCUT2D eigenvalue weighted by Gasteiger charge is -2.17. The fourth-order valence-electron chi connectivity index (χ4n) is 1.02. The minimum absolute atomic E-state index is 0. The van der Waals surface area contributed by atoms with E-state index in [9.17, 15) is 0 Å². The van der Waals surface area contributed by atoms with E-state index in [0.29, 0.717) is 0 Å². The highest BCUT2D eigenvalue weighted by Crippen LogP contribution is 1.77. The molecule has 0 spiro atoms. The Morgan fingerprint density at radius 1 is 1.07 bits per heavy atom. The second kappa shape index (κ2) is 16.3. The molecular weight excluding hydrogens is 188 g/mol. The van der Waals surface area contributed by atoms with Crippen LogP contribution in [0.25, 0.3) is 0 Å². The average molecular weight is 220 g/mol. The molecule has 0 rings (SSSR count). The zero-order chi connectivity index (χ0) is 9.94. The number of likely N-dealkylation sites (N-methyl/N-ethyl adjacent to an activating group) is 1. The highest BCUT2D eigenvalue weighted by atomic mass is 15.2. The molecule has 0 aromatic rings. The van der Waals surface area contributed by atoms with Crippen molar-refractivity contribution in [1.29, 1.82) is 0 Å². The fraction of sp³-hybridized carbons (Fsp3) is 1.00. The minimum Gasteiger partial charge on any atom is -0.329 e. The number of nitrogens with zero attached hydrogens (tertiary/aromatic N) is 1. The van der Waals surface area contributed by atoms with Crippen LogP contribution in [0.2, 0.25) is 0 Å². The van der Waals surface area contributed by atoms with Gasteiger partial charge in [-0.05, 0) is 20.0 Å². The van der Waals surface area contributed by atoms with Crippen LogP contribution in [0.5, 0.6) is 0 Å². The van der Waals surface area contributed by atoms with Gasteiger partial charge in [0.25, 0.3) is 0 Å². The van der Waals surface area contributed by atoms with E-state index in [1.54, 1.807) is 0 Å². The Bertz CT molecular complexity index is 98.6. The first-order chi connectivity index (χ1) is 6.31. The van der Waals surface area contributed by atoms with Crippen LogP contribution in [0.15, 0.2) is 0 Å². The van der Waals surface area contributed by atoms with Crippen LogP contribution in [0, 0.1) is 0 Å². The second-order valence-corrected chi connectivity index (χ2v) is 3.28. The third kappa shape index (κ3) is 16.5. The number of hydrogen-bond acceptors (Lipinski definition) is 4. The van der Waals surface area contributed by atoms with Crippen LogP contribution in [-0.2, 0) is 0 Å². The highest BCUT2D eigenvalue weighted by Gasteiger charge is 1.95. The standard InChI is InChI=1S/C9H24N4.2CH4/c1-3-5-12-9-13(2)8-7-11-6-4-10;;/h11-12H,3-10H2,1-2H3;2*1H4. The third-order valence-electron chi connectivity index (χ3n) is 1.80. The molecule has 0 amide bonds. The van der Waals surface area contributed by atoms with Crippen molar-refractivity contribution in [2.75, 3.05) is 46.4 Å². The quantitative estimate of drug-likeness (QED) is 0.395. The van der Waals surface area contributed by atoms with Crippen molar-refractivity contribution in [3.8, 4) is 0 Å². The third-order valence-corrected chi connectivity index (χ3v) is 1.80. The number of hydrogen-bond donors (Lipinski definition) is 3. The first kappa shape index (κ1) is 20.3.